The maximum absolute atomic E-state index is 11.6. The largest absolute Gasteiger partial charge is 0.465 e. The van der Waals surface area contributed by atoms with Gasteiger partial charge in [0.25, 0.3) is 0 Å². The first-order chi connectivity index (χ1) is 8.20. The summed E-state index contributed by atoms with van der Waals surface area (Å²) in [5.74, 6) is -0.313. The second-order valence-corrected chi connectivity index (χ2v) is 3.86. The number of hydrogen-bond acceptors (Lipinski definition) is 3. The van der Waals surface area contributed by atoms with Crippen LogP contribution in [0.2, 0.25) is 0 Å². The predicted molar refractivity (Wildman–Crippen MR) is 63.8 cm³/mol. The van der Waals surface area contributed by atoms with Gasteiger partial charge >= 0.3 is 5.97 Å². The number of carbonyl (C=O) groups excluding carboxylic acids is 1. The van der Waals surface area contributed by atoms with Gasteiger partial charge in [0.05, 0.1) is 19.2 Å². The van der Waals surface area contributed by atoms with Crippen LogP contribution in [0.25, 0.3) is 0 Å². The number of nitrogens with zero attached hydrogens (tertiary/aromatic N) is 2. The van der Waals surface area contributed by atoms with E-state index in [0.29, 0.717) is 12.1 Å². The molecule has 0 saturated carbocycles. The van der Waals surface area contributed by atoms with E-state index in [2.05, 4.69) is 5.10 Å². The molecule has 0 bridgehead atoms. The molecule has 0 amide bonds. The molecule has 88 valence electrons. The van der Waals surface area contributed by atoms with Crippen molar-refractivity contribution in [3.05, 3.63) is 53.3 Å². The van der Waals surface area contributed by atoms with E-state index in [0.717, 1.165) is 11.1 Å². The summed E-state index contributed by atoms with van der Waals surface area (Å²) < 4.78 is 6.55. The van der Waals surface area contributed by atoms with E-state index in [-0.39, 0.29) is 5.97 Å². The van der Waals surface area contributed by atoms with Crippen molar-refractivity contribution in [1.29, 1.82) is 0 Å². The number of benzene rings is 1. The molecule has 0 unspecified atom stereocenters. The first-order valence-corrected chi connectivity index (χ1v) is 5.36. The van der Waals surface area contributed by atoms with Gasteiger partial charge in [-0.3, -0.25) is 4.68 Å². The Morgan fingerprint density at radius 1 is 1.47 bits per heavy atom. The molecule has 0 spiro atoms. The molecule has 0 aliphatic carbocycles. The van der Waals surface area contributed by atoms with Gasteiger partial charge in [-0.2, -0.15) is 5.10 Å². The van der Waals surface area contributed by atoms with Crippen molar-refractivity contribution < 1.29 is 9.53 Å². The number of rotatable bonds is 3. The van der Waals surface area contributed by atoms with Crippen LogP contribution in [0.3, 0.4) is 0 Å². The summed E-state index contributed by atoms with van der Waals surface area (Å²) in [5.41, 5.74) is 2.62. The second kappa shape index (κ2) is 4.82. The normalized spacial score (nSPS) is 10.2. The number of aromatic nitrogens is 2. The predicted octanol–water partition coefficient (Wildman–Crippen LogP) is 2.03. The Morgan fingerprint density at radius 2 is 2.29 bits per heavy atom. The highest BCUT2D eigenvalue weighted by molar-refractivity contribution is 5.91. The highest BCUT2D eigenvalue weighted by Crippen LogP contribution is 2.14. The van der Waals surface area contributed by atoms with Gasteiger partial charge < -0.3 is 4.74 Å². The molecule has 1 heterocycles. The lowest BCUT2D eigenvalue weighted by atomic mass is 10.0. The van der Waals surface area contributed by atoms with Crippen LogP contribution in [0.15, 0.2) is 36.7 Å². The monoisotopic (exact) mass is 230 g/mol. The molecular weight excluding hydrogens is 216 g/mol. The molecule has 0 fully saturated rings. The molecule has 0 radical (unpaired) electrons. The van der Waals surface area contributed by atoms with Crippen molar-refractivity contribution in [3.63, 3.8) is 0 Å². The van der Waals surface area contributed by atoms with Crippen molar-refractivity contribution in [2.75, 3.05) is 7.11 Å². The Hall–Kier alpha value is -2.10. The summed E-state index contributed by atoms with van der Waals surface area (Å²) in [5, 5.41) is 4.13. The van der Waals surface area contributed by atoms with Crippen LogP contribution >= 0.6 is 0 Å². The minimum absolute atomic E-state index is 0.313. The quantitative estimate of drug-likeness (QED) is 0.758. The zero-order chi connectivity index (χ0) is 12.3. The van der Waals surface area contributed by atoms with Crippen LogP contribution in [0.1, 0.15) is 21.5 Å². The van der Waals surface area contributed by atoms with Crippen LogP contribution < -0.4 is 0 Å². The van der Waals surface area contributed by atoms with E-state index in [9.17, 15) is 4.79 Å². The zero-order valence-corrected chi connectivity index (χ0v) is 9.88. The number of aryl methyl sites for hydroxylation is 1. The van der Waals surface area contributed by atoms with Crippen LogP contribution in [-0.2, 0) is 11.3 Å². The topological polar surface area (TPSA) is 44.1 Å². The Bertz CT molecular complexity index is 518. The number of hydrogen-bond donors (Lipinski definition) is 0. The third-order valence-electron chi connectivity index (χ3n) is 2.56. The SMILES string of the molecule is COC(=O)c1ccc(C)cc1Cn1cccn1. The van der Waals surface area contributed by atoms with E-state index in [1.165, 1.54) is 7.11 Å². The van der Waals surface area contributed by atoms with E-state index in [4.69, 9.17) is 4.74 Å². The van der Waals surface area contributed by atoms with Gasteiger partial charge in [-0.25, -0.2) is 4.79 Å². The lowest BCUT2D eigenvalue weighted by Gasteiger charge is -2.09. The van der Waals surface area contributed by atoms with Crippen LogP contribution in [0.5, 0.6) is 0 Å². The molecule has 0 N–H and O–H groups in total. The fourth-order valence-electron chi connectivity index (χ4n) is 1.73. The van der Waals surface area contributed by atoms with Gasteiger partial charge in [-0.05, 0) is 24.6 Å². The van der Waals surface area contributed by atoms with Gasteiger partial charge in [0, 0.05) is 12.4 Å². The van der Waals surface area contributed by atoms with Crippen molar-refractivity contribution in [2.24, 2.45) is 0 Å². The maximum Gasteiger partial charge on any atom is 0.338 e. The third kappa shape index (κ3) is 2.53. The third-order valence-corrected chi connectivity index (χ3v) is 2.56. The molecule has 2 rings (SSSR count). The Morgan fingerprint density at radius 3 is 2.94 bits per heavy atom. The molecule has 4 nitrogen and oxygen atoms in total. The Kier molecular flexibility index (Phi) is 3.23. The van der Waals surface area contributed by atoms with Gasteiger partial charge in [0.2, 0.25) is 0 Å². The summed E-state index contributed by atoms with van der Waals surface area (Å²) >= 11 is 0. The summed E-state index contributed by atoms with van der Waals surface area (Å²) in [6.45, 7) is 2.56. The molecule has 4 heteroatoms. The van der Waals surface area contributed by atoms with Crippen molar-refractivity contribution in [3.8, 4) is 0 Å². The van der Waals surface area contributed by atoms with E-state index >= 15 is 0 Å². The Labute approximate surface area is 99.8 Å². The molecule has 2 aromatic rings. The lowest BCUT2D eigenvalue weighted by molar-refractivity contribution is 0.0599. The van der Waals surface area contributed by atoms with E-state index < -0.39 is 0 Å². The van der Waals surface area contributed by atoms with Crippen LogP contribution in [0.4, 0.5) is 0 Å². The summed E-state index contributed by atoms with van der Waals surface area (Å²) in [6, 6.07) is 7.53. The molecule has 17 heavy (non-hydrogen) atoms. The van der Waals surface area contributed by atoms with Gasteiger partial charge in [-0.15, -0.1) is 0 Å². The van der Waals surface area contributed by atoms with Gasteiger partial charge in [0.15, 0.2) is 0 Å². The number of ether oxygens (including phenoxy) is 1. The highest BCUT2D eigenvalue weighted by atomic mass is 16.5. The van der Waals surface area contributed by atoms with Gasteiger partial charge in [-0.1, -0.05) is 17.7 Å². The standard InChI is InChI=1S/C13H14N2O2/c1-10-4-5-12(13(16)17-2)11(8-10)9-15-7-3-6-14-15/h3-8H,9H2,1-2H3. The van der Waals surface area contributed by atoms with Crippen molar-refractivity contribution in [2.45, 2.75) is 13.5 Å². The molecule has 0 aliphatic rings. The fourth-order valence-corrected chi connectivity index (χ4v) is 1.73. The summed E-state index contributed by atoms with van der Waals surface area (Å²) in [4.78, 5) is 11.6. The minimum Gasteiger partial charge on any atom is -0.465 e. The molecule has 0 saturated heterocycles. The minimum atomic E-state index is -0.313. The van der Waals surface area contributed by atoms with Gasteiger partial charge in [0.1, 0.15) is 0 Å². The zero-order valence-electron chi connectivity index (χ0n) is 9.88. The van der Waals surface area contributed by atoms with Crippen molar-refractivity contribution in [1.82, 2.24) is 9.78 Å². The van der Waals surface area contributed by atoms with E-state index in [1.54, 1.807) is 16.9 Å². The molecular formula is C13H14N2O2. The first-order valence-electron chi connectivity index (χ1n) is 5.36. The molecule has 1 aromatic heterocycles. The average molecular weight is 230 g/mol. The molecule has 0 aliphatic heterocycles. The highest BCUT2D eigenvalue weighted by Gasteiger charge is 2.12. The Balaban J connectivity index is 2.36. The van der Waals surface area contributed by atoms with Crippen molar-refractivity contribution >= 4 is 5.97 Å². The number of methoxy groups -OCH3 is 1. The maximum atomic E-state index is 11.6. The molecule has 0 atom stereocenters. The average Bonchev–Trinajstić information content (AvgIpc) is 2.81. The summed E-state index contributed by atoms with van der Waals surface area (Å²) in [6.07, 6.45) is 3.58. The first kappa shape index (κ1) is 11.4. The lowest BCUT2D eigenvalue weighted by Crippen LogP contribution is -2.09. The fraction of sp³-hybridized carbons (Fsp3) is 0.231. The van der Waals surface area contributed by atoms with E-state index in [1.807, 2.05) is 31.3 Å². The number of esters is 1. The molecule has 1 aromatic carbocycles. The summed E-state index contributed by atoms with van der Waals surface area (Å²) in [7, 11) is 1.39. The number of carbonyl (C=O) groups is 1. The second-order valence-electron chi connectivity index (χ2n) is 3.86. The van der Waals surface area contributed by atoms with Crippen LogP contribution in [-0.4, -0.2) is 22.9 Å². The van der Waals surface area contributed by atoms with Crippen LogP contribution in [0, 0.1) is 6.92 Å². The smallest absolute Gasteiger partial charge is 0.338 e.